The first kappa shape index (κ1) is 12.0. The molecule has 18 heavy (non-hydrogen) atoms. The molecule has 0 aliphatic rings. The molecule has 0 bridgehead atoms. The Kier molecular flexibility index (Phi) is 2.97. The first-order valence-electron chi connectivity index (χ1n) is 5.33. The monoisotopic (exact) mass is 246 g/mol. The summed E-state index contributed by atoms with van der Waals surface area (Å²) in [7, 11) is 1.85. The van der Waals surface area contributed by atoms with Crippen LogP contribution in [0.2, 0.25) is 0 Å². The van der Waals surface area contributed by atoms with E-state index in [1.165, 1.54) is 12.4 Å². The number of amidine groups is 1. The van der Waals surface area contributed by atoms with Crippen LogP contribution in [0.4, 0.5) is 0 Å². The van der Waals surface area contributed by atoms with Crippen LogP contribution in [0.15, 0.2) is 12.4 Å². The van der Waals surface area contributed by atoms with Crippen LogP contribution in [-0.2, 0) is 7.05 Å². The molecular weight excluding hydrogens is 232 g/mol. The van der Waals surface area contributed by atoms with Gasteiger partial charge >= 0.3 is 0 Å². The Balaban J connectivity index is 2.26. The van der Waals surface area contributed by atoms with Crippen LogP contribution in [0.25, 0.3) is 0 Å². The van der Waals surface area contributed by atoms with Gasteiger partial charge in [-0.1, -0.05) is 0 Å². The number of nitrogens with two attached hydrogens (primary N) is 1. The lowest BCUT2D eigenvalue weighted by atomic mass is 10.3. The Morgan fingerprint density at radius 3 is 2.50 bits per heavy atom. The van der Waals surface area contributed by atoms with E-state index in [0.29, 0.717) is 17.3 Å². The van der Waals surface area contributed by atoms with Crippen molar-refractivity contribution in [3.8, 4) is 11.6 Å². The molecule has 0 unspecified atom stereocenters. The van der Waals surface area contributed by atoms with Crippen molar-refractivity contribution < 1.29 is 4.74 Å². The Bertz CT molecular complexity index is 586. The van der Waals surface area contributed by atoms with Crippen LogP contribution in [0.5, 0.6) is 11.6 Å². The van der Waals surface area contributed by atoms with E-state index in [9.17, 15) is 0 Å². The fraction of sp³-hybridized carbons (Fsp3) is 0.273. The van der Waals surface area contributed by atoms with E-state index in [2.05, 4.69) is 15.1 Å². The molecule has 0 fully saturated rings. The highest BCUT2D eigenvalue weighted by Gasteiger charge is 2.12. The van der Waals surface area contributed by atoms with E-state index in [-0.39, 0.29) is 5.84 Å². The maximum atomic E-state index is 7.22. The number of rotatable bonds is 3. The standard InChI is InChI=1S/C11H14N6O/c1-6-10(7(2)17(3)16-6)18-9-5-14-8(4-15-9)11(12)13/h4-5H,1-3H3,(H3,12,13). The molecule has 3 N–H and O–H groups in total. The predicted octanol–water partition coefficient (Wildman–Crippen LogP) is 0.903. The normalized spacial score (nSPS) is 10.4. The molecule has 0 aromatic carbocycles. The summed E-state index contributed by atoms with van der Waals surface area (Å²) in [6, 6.07) is 0. The largest absolute Gasteiger partial charge is 0.434 e. The summed E-state index contributed by atoms with van der Waals surface area (Å²) in [5.41, 5.74) is 7.31. The highest BCUT2D eigenvalue weighted by Crippen LogP contribution is 2.26. The number of hydrogen-bond donors (Lipinski definition) is 2. The summed E-state index contributed by atoms with van der Waals surface area (Å²) in [5, 5.41) is 11.5. The summed E-state index contributed by atoms with van der Waals surface area (Å²) in [5.74, 6) is 0.893. The van der Waals surface area contributed by atoms with E-state index < -0.39 is 0 Å². The molecule has 7 heteroatoms. The van der Waals surface area contributed by atoms with Crippen molar-refractivity contribution in [3.63, 3.8) is 0 Å². The molecule has 0 amide bonds. The quantitative estimate of drug-likeness (QED) is 0.618. The number of aromatic nitrogens is 4. The van der Waals surface area contributed by atoms with Gasteiger partial charge in [-0.05, 0) is 13.8 Å². The number of aryl methyl sites for hydroxylation is 2. The third kappa shape index (κ3) is 2.15. The molecule has 2 heterocycles. The fourth-order valence-electron chi connectivity index (χ4n) is 1.51. The van der Waals surface area contributed by atoms with Crippen molar-refractivity contribution in [2.45, 2.75) is 13.8 Å². The van der Waals surface area contributed by atoms with Crippen LogP contribution >= 0.6 is 0 Å². The van der Waals surface area contributed by atoms with E-state index in [4.69, 9.17) is 15.9 Å². The van der Waals surface area contributed by atoms with Gasteiger partial charge in [-0.2, -0.15) is 5.10 Å². The Morgan fingerprint density at radius 1 is 1.33 bits per heavy atom. The van der Waals surface area contributed by atoms with Crippen LogP contribution < -0.4 is 10.5 Å². The van der Waals surface area contributed by atoms with Crippen molar-refractivity contribution in [3.05, 3.63) is 29.5 Å². The van der Waals surface area contributed by atoms with Gasteiger partial charge in [0.2, 0.25) is 5.88 Å². The van der Waals surface area contributed by atoms with E-state index in [1.54, 1.807) is 4.68 Å². The lowest BCUT2D eigenvalue weighted by molar-refractivity contribution is 0.452. The molecular formula is C11H14N6O. The van der Waals surface area contributed by atoms with E-state index in [0.717, 1.165) is 11.4 Å². The summed E-state index contributed by atoms with van der Waals surface area (Å²) in [6.07, 6.45) is 2.83. The number of nitrogens with one attached hydrogen (secondary N) is 1. The molecule has 2 rings (SSSR count). The van der Waals surface area contributed by atoms with Gasteiger partial charge in [-0.15, -0.1) is 0 Å². The molecule has 0 saturated carbocycles. The average molecular weight is 246 g/mol. The van der Waals surface area contributed by atoms with Gasteiger partial charge in [-0.25, -0.2) is 9.97 Å². The maximum absolute atomic E-state index is 7.22. The highest BCUT2D eigenvalue weighted by atomic mass is 16.5. The van der Waals surface area contributed by atoms with Gasteiger partial charge in [0.15, 0.2) is 5.75 Å². The SMILES string of the molecule is Cc1nn(C)c(C)c1Oc1cnc(C(=N)N)cn1. The molecule has 0 saturated heterocycles. The second-order valence-electron chi connectivity index (χ2n) is 3.88. The molecule has 2 aromatic heterocycles. The van der Waals surface area contributed by atoms with Gasteiger partial charge < -0.3 is 10.5 Å². The van der Waals surface area contributed by atoms with Gasteiger partial charge in [-0.3, -0.25) is 10.1 Å². The van der Waals surface area contributed by atoms with Crippen LogP contribution in [0.1, 0.15) is 17.1 Å². The minimum absolute atomic E-state index is 0.122. The van der Waals surface area contributed by atoms with Crippen molar-refractivity contribution in [1.29, 1.82) is 5.41 Å². The third-order valence-electron chi connectivity index (χ3n) is 2.55. The molecule has 0 spiro atoms. The smallest absolute Gasteiger partial charge is 0.238 e. The molecule has 2 aromatic rings. The second kappa shape index (κ2) is 4.44. The molecule has 0 atom stereocenters. The first-order valence-corrected chi connectivity index (χ1v) is 5.33. The lowest BCUT2D eigenvalue weighted by Gasteiger charge is -2.05. The first-order chi connectivity index (χ1) is 8.49. The summed E-state index contributed by atoms with van der Waals surface area (Å²) in [6.45, 7) is 3.77. The fourth-order valence-corrected chi connectivity index (χ4v) is 1.51. The zero-order valence-corrected chi connectivity index (χ0v) is 10.4. The zero-order chi connectivity index (χ0) is 13.3. The van der Waals surface area contributed by atoms with Gasteiger partial charge in [0.25, 0.3) is 0 Å². The predicted molar refractivity (Wildman–Crippen MR) is 65.8 cm³/mol. The minimum Gasteiger partial charge on any atom is -0.434 e. The zero-order valence-electron chi connectivity index (χ0n) is 10.4. The average Bonchev–Trinajstić information content (AvgIpc) is 2.57. The van der Waals surface area contributed by atoms with Crippen molar-refractivity contribution in [2.24, 2.45) is 12.8 Å². The van der Waals surface area contributed by atoms with Gasteiger partial charge in [0.05, 0.1) is 18.1 Å². The Morgan fingerprint density at radius 2 is 2.06 bits per heavy atom. The van der Waals surface area contributed by atoms with Crippen LogP contribution in [-0.4, -0.2) is 25.6 Å². The Hall–Kier alpha value is -2.44. The molecule has 94 valence electrons. The second-order valence-corrected chi connectivity index (χ2v) is 3.88. The highest BCUT2D eigenvalue weighted by molar-refractivity contribution is 5.92. The van der Waals surface area contributed by atoms with Gasteiger partial charge in [0.1, 0.15) is 17.2 Å². The molecule has 0 radical (unpaired) electrons. The lowest BCUT2D eigenvalue weighted by Crippen LogP contribution is -2.13. The Labute approximate surface area is 104 Å². The van der Waals surface area contributed by atoms with E-state index >= 15 is 0 Å². The minimum atomic E-state index is -0.122. The van der Waals surface area contributed by atoms with Crippen LogP contribution in [0.3, 0.4) is 0 Å². The topological polar surface area (TPSA) is 103 Å². The number of ether oxygens (including phenoxy) is 1. The number of nitrogens with zero attached hydrogens (tertiary/aromatic N) is 4. The van der Waals surface area contributed by atoms with Crippen molar-refractivity contribution in [1.82, 2.24) is 19.7 Å². The third-order valence-corrected chi connectivity index (χ3v) is 2.55. The molecule has 0 aliphatic carbocycles. The van der Waals surface area contributed by atoms with E-state index in [1.807, 2.05) is 20.9 Å². The molecule has 7 nitrogen and oxygen atoms in total. The molecule has 0 aliphatic heterocycles. The number of hydrogen-bond acceptors (Lipinski definition) is 5. The van der Waals surface area contributed by atoms with Gasteiger partial charge in [0, 0.05) is 7.05 Å². The van der Waals surface area contributed by atoms with Crippen molar-refractivity contribution in [2.75, 3.05) is 0 Å². The van der Waals surface area contributed by atoms with Crippen LogP contribution in [0, 0.1) is 19.3 Å². The summed E-state index contributed by atoms with van der Waals surface area (Å²) < 4.78 is 7.37. The number of nitrogen functional groups attached to an aromatic ring is 1. The summed E-state index contributed by atoms with van der Waals surface area (Å²) in [4.78, 5) is 8.02. The maximum Gasteiger partial charge on any atom is 0.238 e. The van der Waals surface area contributed by atoms with Crippen molar-refractivity contribution >= 4 is 5.84 Å². The summed E-state index contributed by atoms with van der Waals surface area (Å²) >= 11 is 0.